The molecule has 12 heteroatoms. The largest absolute Gasteiger partial charge is 0.486 e. The molecule has 1 N–H and O–H groups in total. The maximum absolute atomic E-state index is 13.1. The molecule has 0 radical (unpaired) electrons. The van der Waals surface area contributed by atoms with E-state index in [0.717, 1.165) is 17.7 Å². The lowest BCUT2D eigenvalue weighted by Crippen LogP contribution is -2.41. The first kappa shape index (κ1) is 23.2. The van der Waals surface area contributed by atoms with Crippen LogP contribution in [0.4, 0.5) is 10.4 Å². The number of carbonyl (C=O) groups is 1. The highest BCUT2D eigenvalue weighted by molar-refractivity contribution is 7.89. The summed E-state index contributed by atoms with van der Waals surface area (Å²) in [5.74, 6) is 0.470. The molecule has 1 aromatic heterocycles. The van der Waals surface area contributed by atoms with Gasteiger partial charge in [-0.05, 0) is 54.8 Å². The van der Waals surface area contributed by atoms with Crippen LogP contribution in [-0.4, -0.2) is 55.1 Å². The standard InChI is InChI=1S/C23H23FN4O6S/c24-17-2-4-18(5-3-17)35(30,31)28-9-7-16(8-10-28)22(29)25-23-27-26-21(34-23)14-15-1-6-19-20(13-15)33-12-11-32-19/h1-6,13,16H,7-12,14H2,(H,25,27,29). The summed E-state index contributed by atoms with van der Waals surface area (Å²) in [6.45, 7) is 1.36. The van der Waals surface area contributed by atoms with Gasteiger partial charge in [-0.3, -0.25) is 10.1 Å². The Morgan fingerprint density at radius 3 is 2.49 bits per heavy atom. The molecule has 35 heavy (non-hydrogen) atoms. The van der Waals surface area contributed by atoms with Gasteiger partial charge in [0.2, 0.25) is 21.8 Å². The number of halogens is 1. The highest BCUT2D eigenvalue weighted by Crippen LogP contribution is 2.31. The number of hydrogen-bond acceptors (Lipinski definition) is 8. The van der Waals surface area contributed by atoms with Gasteiger partial charge >= 0.3 is 6.01 Å². The maximum atomic E-state index is 13.1. The second-order valence-corrected chi connectivity index (χ2v) is 10.2. The van der Waals surface area contributed by atoms with Gasteiger partial charge in [0.25, 0.3) is 0 Å². The van der Waals surface area contributed by atoms with Gasteiger partial charge < -0.3 is 13.9 Å². The second kappa shape index (κ2) is 9.62. The van der Waals surface area contributed by atoms with Crippen molar-refractivity contribution in [3.63, 3.8) is 0 Å². The number of sulfonamides is 1. The molecule has 2 aromatic carbocycles. The molecule has 0 atom stereocenters. The third-order valence-corrected chi connectivity index (χ3v) is 7.85. The van der Waals surface area contributed by atoms with Crippen LogP contribution in [0.5, 0.6) is 11.5 Å². The zero-order chi connectivity index (χ0) is 24.4. The lowest BCUT2D eigenvalue weighted by Gasteiger charge is -2.30. The molecule has 3 aromatic rings. The average molecular weight is 503 g/mol. The number of amides is 1. The molecule has 1 saturated heterocycles. The van der Waals surface area contributed by atoms with Crippen molar-refractivity contribution in [2.75, 3.05) is 31.6 Å². The zero-order valence-electron chi connectivity index (χ0n) is 18.6. The first-order valence-corrected chi connectivity index (χ1v) is 12.6. The monoisotopic (exact) mass is 502 g/mol. The normalized spacial score (nSPS) is 16.7. The molecule has 5 rings (SSSR count). The third-order valence-electron chi connectivity index (χ3n) is 5.94. The van der Waals surface area contributed by atoms with Crippen LogP contribution in [0.1, 0.15) is 24.3 Å². The fraction of sp³-hybridized carbons (Fsp3) is 0.348. The molecule has 0 unspecified atom stereocenters. The van der Waals surface area contributed by atoms with Crippen LogP contribution in [0, 0.1) is 11.7 Å². The van der Waals surface area contributed by atoms with Crippen molar-refractivity contribution in [2.24, 2.45) is 5.92 Å². The number of benzene rings is 2. The number of hydrogen-bond donors (Lipinski definition) is 1. The number of piperidine rings is 1. The van der Waals surface area contributed by atoms with E-state index in [1.165, 1.54) is 16.4 Å². The molecule has 0 aliphatic carbocycles. The molecule has 184 valence electrons. The third kappa shape index (κ3) is 5.13. The molecule has 2 aliphatic heterocycles. The maximum Gasteiger partial charge on any atom is 0.322 e. The van der Waals surface area contributed by atoms with E-state index in [0.29, 0.717) is 49.9 Å². The van der Waals surface area contributed by atoms with Crippen LogP contribution in [0.25, 0.3) is 0 Å². The topological polar surface area (TPSA) is 124 Å². The first-order valence-electron chi connectivity index (χ1n) is 11.2. The Hall–Kier alpha value is -3.51. The van der Waals surface area contributed by atoms with E-state index in [9.17, 15) is 17.6 Å². The van der Waals surface area contributed by atoms with Crippen molar-refractivity contribution >= 4 is 21.9 Å². The summed E-state index contributed by atoms with van der Waals surface area (Å²) in [6, 6.07) is 10.2. The average Bonchev–Trinajstić information content (AvgIpc) is 3.30. The molecule has 1 fully saturated rings. The molecule has 3 heterocycles. The van der Waals surface area contributed by atoms with Crippen molar-refractivity contribution in [3.05, 3.63) is 59.7 Å². The smallest absolute Gasteiger partial charge is 0.322 e. The van der Waals surface area contributed by atoms with Gasteiger partial charge in [-0.15, -0.1) is 5.10 Å². The van der Waals surface area contributed by atoms with E-state index in [4.69, 9.17) is 13.9 Å². The molecular formula is C23H23FN4O6S. The van der Waals surface area contributed by atoms with E-state index < -0.39 is 21.8 Å². The van der Waals surface area contributed by atoms with Crippen molar-refractivity contribution in [1.29, 1.82) is 0 Å². The van der Waals surface area contributed by atoms with Crippen LogP contribution >= 0.6 is 0 Å². The van der Waals surface area contributed by atoms with Gasteiger partial charge in [-0.25, -0.2) is 12.8 Å². The molecule has 0 bridgehead atoms. The Balaban J connectivity index is 1.15. The van der Waals surface area contributed by atoms with E-state index >= 15 is 0 Å². The Kier molecular flexibility index (Phi) is 6.39. The predicted octanol–water partition coefficient (Wildman–Crippen LogP) is 2.61. The Labute approximate surface area is 201 Å². The van der Waals surface area contributed by atoms with Crippen LogP contribution in [0.2, 0.25) is 0 Å². The molecule has 0 saturated carbocycles. The van der Waals surface area contributed by atoms with Crippen molar-refractivity contribution in [3.8, 4) is 11.5 Å². The minimum absolute atomic E-state index is 0.0103. The summed E-state index contributed by atoms with van der Waals surface area (Å²) in [4.78, 5) is 12.7. The first-order chi connectivity index (χ1) is 16.9. The summed E-state index contributed by atoms with van der Waals surface area (Å²) in [5.41, 5.74) is 0.894. The van der Waals surface area contributed by atoms with Crippen molar-refractivity contribution in [2.45, 2.75) is 24.2 Å². The van der Waals surface area contributed by atoms with E-state index in [1.54, 1.807) is 0 Å². The second-order valence-electron chi connectivity index (χ2n) is 8.28. The summed E-state index contributed by atoms with van der Waals surface area (Å²) in [5, 5.41) is 10.5. The van der Waals surface area contributed by atoms with E-state index in [1.807, 2.05) is 18.2 Å². The molecular weight excluding hydrogens is 479 g/mol. The van der Waals surface area contributed by atoms with Gasteiger partial charge in [0, 0.05) is 19.0 Å². The summed E-state index contributed by atoms with van der Waals surface area (Å²) < 4.78 is 56.6. The number of fused-ring (bicyclic) bond motifs is 1. The van der Waals surface area contributed by atoms with E-state index in [-0.39, 0.29) is 29.9 Å². The molecule has 2 aliphatic rings. The van der Waals surface area contributed by atoms with Crippen LogP contribution in [-0.2, 0) is 21.2 Å². The minimum atomic E-state index is -3.74. The van der Waals surface area contributed by atoms with Crippen LogP contribution in [0.3, 0.4) is 0 Å². The van der Waals surface area contributed by atoms with Gasteiger partial charge in [-0.2, -0.15) is 4.31 Å². The fourth-order valence-corrected chi connectivity index (χ4v) is 5.54. The number of ether oxygens (including phenoxy) is 2. The van der Waals surface area contributed by atoms with Crippen molar-refractivity contribution in [1.82, 2.24) is 14.5 Å². The van der Waals surface area contributed by atoms with Crippen LogP contribution in [0.15, 0.2) is 51.8 Å². The Morgan fingerprint density at radius 2 is 1.74 bits per heavy atom. The number of nitrogens with one attached hydrogen (secondary N) is 1. The summed E-state index contributed by atoms with van der Waals surface area (Å²) >= 11 is 0. The van der Waals surface area contributed by atoms with Gasteiger partial charge in [0.1, 0.15) is 19.0 Å². The highest BCUT2D eigenvalue weighted by atomic mass is 32.2. The highest BCUT2D eigenvalue weighted by Gasteiger charge is 2.32. The number of anilines is 1. The number of carbonyl (C=O) groups excluding carboxylic acids is 1. The number of aromatic nitrogens is 2. The van der Waals surface area contributed by atoms with Crippen molar-refractivity contribution < 1.29 is 31.5 Å². The fourth-order valence-electron chi connectivity index (χ4n) is 4.07. The van der Waals surface area contributed by atoms with Crippen LogP contribution < -0.4 is 14.8 Å². The zero-order valence-corrected chi connectivity index (χ0v) is 19.5. The quantitative estimate of drug-likeness (QED) is 0.546. The summed E-state index contributed by atoms with van der Waals surface area (Å²) in [7, 11) is -3.74. The van der Waals surface area contributed by atoms with Gasteiger partial charge in [0.05, 0.1) is 11.3 Å². The minimum Gasteiger partial charge on any atom is -0.486 e. The van der Waals surface area contributed by atoms with E-state index in [2.05, 4.69) is 15.5 Å². The number of rotatable bonds is 6. The lowest BCUT2D eigenvalue weighted by atomic mass is 9.97. The number of nitrogens with zero attached hydrogens (tertiary/aromatic N) is 3. The molecule has 0 spiro atoms. The molecule has 10 nitrogen and oxygen atoms in total. The van der Waals surface area contributed by atoms with Gasteiger partial charge in [0.15, 0.2) is 11.5 Å². The SMILES string of the molecule is O=C(Nc1nnc(Cc2ccc3c(c2)OCCO3)o1)C1CCN(S(=O)(=O)c2ccc(F)cc2)CC1. The Morgan fingerprint density at radius 1 is 1.03 bits per heavy atom. The summed E-state index contributed by atoms with van der Waals surface area (Å²) in [6.07, 6.45) is 1.04. The lowest BCUT2D eigenvalue weighted by molar-refractivity contribution is -0.121. The predicted molar refractivity (Wildman–Crippen MR) is 121 cm³/mol. The van der Waals surface area contributed by atoms with Gasteiger partial charge in [-0.1, -0.05) is 11.2 Å². The Bertz CT molecular complexity index is 1320. The molecule has 1 amide bonds.